The van der Waals surface area contributed by atoms with Crippen LogP contribution in [0.5, 0.6) is 0 Å². The molecule has 2 heterocycles. The second-order valence-electron chi connectivity index (χ2n) is 8.58. The predicted molar refractivity (Wildman–Crippen MR) is 101 cm³/mol. The van der Waals surface area contributed by atoms with Crippen molar-refractivity contribution < 1.29 is 14.4 Å². The maximum absolute atomic E-state index is 13.3. The Kier molecular flexibility index (Phi) is 3.43. The van der Waals surface area contributed by atoms with Crippen molar-refractivity contribution in [1.29, 1.82) is 0 Å². The number of imide groups is 1. The number of carbonyl (C=O) groups is 3. The van der Waals surface area contributed by atoms with Crippen LogP contribution in [0.4, 0.5) is 5.69 Å². The fourth-order valence-corrected chi connectivity index (χ4v) is 5.89. The molecule has 2 fully saturated rings. The van der Waals surface area contributed by atoms with Crippen LogP contribution in [-0.2, 0) is 20.8 Å². The van der Waals surface area contributed by atoms with Gasteiger partial charge in [-0.15, -0.1) is 0 Å². The molecule has 0 radical (unpaired) electrons. The Labute approximate surface area is 159 Å². The lowest BCUT2D eigenvalue weighted by atomic mass is 9.82. The normalized spacial score (nSPS) is 34.8. The van der Waals surface area contributed by atoms with E-state index in [4.69, 9.17) is 0 Å². The molecule has 0 aromatic heterocycles. The number of fused-ring (bicyclic) bond motifs is 6. The fraction of sp³-hybridized carbons (Fsp3) is 0.500. The van der Waals surface area contributed by atoms with Crippen LogP contribution in [-0.4, -0.2) is 34.7 Å². The third-order valence-corrected chi connectivity index (χ3v) is 7.10. The molecule has 1 saturated carbocycles. The molecule has 2 aliphatic heterocycles. The number of para-hydroxylation sites is 1. The van der Waals surface area contributed by atoms with Crippen molar-refractivity contribution in [1.82, 2.24) is 4.90 Å². The van der Waals surface area contributed by atoms with Crippen LogP contribution < -0.4 is 4.90 Å². The average molecular weight is 364 g/mol. The van der Waals surface area contributed by atoms with Gasteiger partial charge in [0.1, 0.15) is 6.04 Å². The Morgan fingerprint density at radius 3 is 2.63 bits per heavy atom. The molecule has 140 valence electrons. The van der Waals surface area contributed by atoms with Gasteiger partial charge in [0.15, 0.2) is 0 Å². The number of hydrogen-bond acceptors (Lipinski definition) is 3. The molecule has 0 unspecified atom stereocenters. The van der Waals surface area contributed by atoms with E-state index in [0.29, 0.717) is 0 Å². The quantitative estimate of drug-likeness (QED) is 0.599. The Morgan fingerprint density at radius 2 is 1.85 bits per heavy atom. The van der Waals surface area contributed by atoms with Gasteiger partial charge in [0, 0.05) is 11.7 Å². The summed E-state index contributed by atoms with van der Waals surface area (Å²) in [7, 11) is 0. The first-order chi connectivity index (χ1) is 12.9. The van der Waals surface area contributed by atoms with Crippen LogP contribution in [0.3, 0.4) is 0 Å². The highest BCUT2D eigenvalue weighted by Gasteiger charge is 2.62. The van der Waals surface area contributed by atoms with Crippen molar-refractivity contribution in [3.63, 3.8) is 0 Å². The molecule has 27 heavy (non-hydrogen) atoms. The molecule has 0 N–H and O–H groups in total. The third kappa shape index (κ3) is 2.08. The van der Waals surface area contributed by atoms with E-state index in [1.807, 2.05) is 31.2 Å². The van der Waals surface area contributed by atoms with E-state index in [2.05, 4.69) is 13.0 Å². The van der Waals surface area contributed by atoms with Crippen molar-refractivity contribution in [3.05, 3.63) is 41.5 Å². The van der Waals surface area contributed by atoms with Gasteiger partial charge in [-0.1, -0.05) is 29.8 Å². The van der Waals surface area contributed by atoms with Gasteiger partial charge < -0.3 is 4.90 Å². The number of hydrogen-bond donors (Lipinski definition) is 0. The van der Waals surface area contributed by atoms with Crippen LogP contribution >= 0.6 is 0 Å². The molecule has 3 amide bonds. The first kappa shape index (κ1) is 16.7. The summed E-state index contributed by atoms with van der Waals surface area (Å²) >= 11 is 0. The molecule has 5 nitrogen and oxygen atoms in total. The lowest BCUT2D eigenvalue weighted by molar-refractivity contribution is -0.147. The summed E-state index contributed by atoms with van der Waals surface area (Å²) in [6.45, 7) is 5.77. The van der Waals surface area contributed by atoms with E-state index < -0.39 is 6.04 Å². The first-order valence-corrected chi connectivity index (χ1v) is 9.86. The summed E-state index contributed by atoms with van der Waals surface area (Å²) in [5, 5.41) is 0. The lowest BCUT2D eigenvalue weighted by Gasteiger charge is -2.30. The summed E-state index contributed by atoms with van der Waals surface area (Å²) in [6, 6.07) is 7.15. The second kappa shape index (κ2) is 5.54. The molecule has 4 aliphatic rings. The van der Waals surface area contributed by atoms with Gasteiger partial charge >= 0.3 is 0 Å². The summed E-state index contributed by atoms with van der Waals surface area (Å²) in [5.74, 6) is -0.638. The Bertz CT molecular complexity index is 905. The third-order valence-electron chi connectivity index (χ3n) is 7.10. The number of rotatable bonds is 2. The predicted octanol–water partition coefficient (Wildman–Crippen LogP) is 2.55. The average Bonchev–Trinajstić information content (AvgIpc) is 3.34. The zero-order chi connectivity index (χ0) is 19.0. The van der Waals surface area contributed by atoms with Crippen molar-refractivity contribution >= 4 is 23.4 Å². The minimum absolute atomic E-state index is 0.0322. The molecule has 1 saturated heterocycles. The molecular formula is C22H24N2O3. The molecule has 2 aliphatic carbocycles. The lowest BCUT2D eigenvalue weighted by Crippen LogP contribution is -2.51. The summed E-state index contributed by atoms with van der Waals surface area (Å²) < 4.78 is 0. The van der Waals surface area contributed by atoms with Gasteiger partial charge in [-0.05, 0) is 57.1 Å². The van der Waals surface area contributed by atoms with E-state index in [0.717, 1.165) is 24.1 Å². The Hall–Kier alpha value is -2.43. The molecule has 5 heteroatoms. The van der Waals surface area contributed by atoms with E-state index in [1.54, 1.807) is 11.8 Å². The zero-order valence-electron chi connectivity index (χ0n) is 15.9. The van der Waals surface area contributed by atoms with E-state index in [9.17, 15) is 14.4 Å². The van der Waals surface area contributed by atoms with Gasteiger partial charge in [-0.25, -0.2) is 0 Å². The Balaban J connectivity index is 1.44. The van der Waals surface area contributed by atoms with Crippen LogP contribution in [0, 0.1) is 23.7 Å². The molecule has 1 aromatic rings. The Morgan fingerprint density at radius 1 is 1.15 bits per heavy atom. The fourth-order valence-electron chi connectivity index (χ4n) is 5.89. The summed E-state index contributed by atoms with van der Waals surface area (Å²) in [6.07, 6.45) is 3.87. The number of anilines is 1. The topological polar surface area (TPSA) is 57.7 Å². The highest BCUT2D eigenvalue weighted by atomic mass is 16.2. The second-order valence-corrected chi connectivity index (χ2v) is 8.58. The van der Waals surface area contributed by atoms with Crippen LogP contribution in [0.15, 0.2) is 35.9 Å². The monoisotopic (exact) mass is 364 g/mol. The number of allylic oxidation sites excluding steroid dienone is 2. The minimum atomic E-state index is -0.760. The SMILES string of the molecule is CC1=C[C@H]2C[C@H]1[C@@H]1C(=O)N([C@H](C)C(=O)N3c4ccccc4C[C@@H]3C)C(=O)[C@H]12. The van der Waals surface area contributed by atoms with Gasteiger partial charge in [0.2, 0.25) is 17.7 Å². The van der Waals surface area contributed by atoms with Crippen LogP contribution in [0.25, 0.3) is 0 Å². The standard InChI is InChI=1S/C22H24N2O3/c1-11-8-15-10-16(11)19-18(15)21(26)24(22(19)27)13(3)20(25)23-12(2)9-14-6-4-5-7-17(14)23/h4-8,12-13,15-16,18-19H,9-10H2,1-3H3/t12-,13+,15-,16+,18-,19-/m0/s1. The van der Waals surface area contributed by atoms with Crippen molar-refractivity contribution in [2.45, 2.75) is 45.7 Å². The van der Waals surface area contributed by atoms with Crippen LogP contribution in [0.1, 0.15) is 32.8 Å². The first-order valence-electron chi connectivity index (χ1n) is 9.86. The molecule has 2 bridgehead atoms. The minimum Gasteiger partial charge on any atom is -0.307 e. The van der Waals surface area contributed by atoms with E-state index >= 15 is 0 Å². The molecule has 5 rings (SSSR count). The molecule has 6 atom stereocenters. The van der Waals surface area contributed by atoms with Crippen molar-refractivity contribution in [2.75, 3.05) is 4.90 Å². The van der Waals surface area contributed by atoms with Gasteiger partial charge in [0.25, 0.3) is 0 Å². The van der Waals surface area contributed by atoms with E-state index in [-0.39, 0.29) is 47.4 Å². The number of nitrogens with zero attached hydrogens (tertiary/aromatic N) is 2. The van der Waals surface area contributed by atoms with Gasteiger partial charge in [0.05, 0.1) is 11.8 Å². The maximum atomic E-state index is 13.3. The zero-order valence-corrected chi connectivity index (χ0v) is 15.9. The highest BCUT2D eigenvalue weighted by Crippen LogP contribution is 2.55. The number of amides is 3. The molecular weight excluding hydrogens is 340 g/mol. The van der Waals surface area contributed by atoms with Crippen molar-refractivity contribution in [3.8, 4) is 0 Å². The van der Waals surface area contributed by atoms with E-state index in [1.165, 1.54) is 10.5 Å². The number of benzene rings is 1. The number of carbonyl (C=O) groups excluding carboxylic acids is 3. The maximum Gasteiger partial charge on any atom is 0.250 e. The summed E-state index contributed by atoms with van der Waals surface area (Å²) in [5.41, 5.74) is 3.27. The number of likely N-dealkylation sites (tertiary alicyclic amines) is 1. The molecule has 1 aromatic carbocycles. The van der Waals surface area contributed by atoms with Crippen LogP contribution in [0.2, 0.25) is 0 Å². The largest absolute Gasteiger partial charge is 0.307 e. The molecule has 0 spiro atoms. The smallest absolute Gasteiger partial charge is 0.250 e. The highest BCUT2D eigenvalue weighted by molar-refractivity contribution is 6.11. The van der Waals surface area contributed by atoms with Crippen molar-refractivity contribution in [2.24, 2.45) is 23.7 Å². The summed E-state index contributed by atoms with van der Waals surface area (Å²) in [4.78, 5) is 42.6. The van der Waals surface area contributed by atoms with Gasteiger partial charge in [-0.3, -0.25) is 19.3 Å². The van der Waals surface area contributed by atoms with Gasteiger partial charge in [-0.2, -0.15) is 0 Å².